The van der Waals surface area contributed by atoms with E-state index in [4.69, 9.17) is 10.5 Å². The van der Waals surface area contributed by atoms with Gasteiger partial charge in [-0.1, -0.05) is 30.3 Å². The van der Waals surface area contributed by atoms with Gasteiger partial charge in [0.15, 0.2) is 0 Å². The number of hydrogen-bond acceptors (Lipinski definition) is 7. The van der Waals surface area contributed by atoms with Crippen molar-refractivity contribution in [1.82, 2.24) is 19.5 Å². The van der Waals surface area contributed by atoms with Crippen LogP contribution in [-0.2, 0) is 19.7 Å². The molecule has 0 aliphatic heterocycles. The van der Waals surface area contributed by atoms with Crippen LogP contribution in [0.2, 0.25) is 0 Å². The number of fused-ring (bicyclic) bond motifs is 1. The SMILES string of the molecule is Cc1cc2c(N)nccc2c(C)c1CNc1cc(OCc2ccc(Cn3ccccc3=O)cc2)ncn1. The summed E-state index contributed by atoms with van der Waals surface area (Å²) in [7, 11) is 0. The van der Waals surface area contributed by atoms with E-state index in [0.29, 0.717) is 37.2 Å². The molecule has 3 aromatic heterocycles. The summed E-state index contributed by atoms with van der Waals surface area (Å²) in [5.41, 5.74) is 11.6. The van der Waals surface area contributed by atoms with Crippen LogP contribution in [0.3, 0.4) is 0 Å². The van der Waals surface area contributed by atoms with Crippen molar-refractivity contribution in [2.24, 2.45) is 0 Å². The van der Waals surface area contributed by atoms with Gasteiger partial charge in [-0.3, -0.25) is 4.79 Å². The normalized spacial score (nSPS) is 11.0. The maximum Gasteiger partial charge on any atom is 0.250 e. The average Bonchev–Trinajstić information content (AvgIpc) is 2.90. The van der Waals surface area contributed by atoms with Gasteiger partial charge in [0.2, 0.25) is 5.88 Å². The van der Waals surface area contributed by atoms with Crippen LogP contribution < -0.4 is 21.3 Å². The van der Waals surface area contributed by atoms with Crippen LogP contribution in [0.1, 0.15) is 27.8 Å². The molecule has 2 aromatic carbocycles. The standard InChI is InChI=1S/C29H28N6O2/c1-19-13-24-23(10-11-31-29(24)30)20(2)25(19)15-32-26-14-27(34-18-33-26)37-17-22-8-6-21(7-9-22)16-35-12-4-3-5-28(35)36/h3-14,18H,15-17H2,1-2H3,(H2,30,31)(H,32,33,34). The minimum Gasteiger partial charge on any atom is -0.473 e. The van der Waals surface area contributed by atoms with Gasteiger partial charge in [-0.15, -0.1) is 0 Å². The van der Waals surface area contributed by atoms with Crippen LogP contribution in [0.4, 0.5) is 11.6 Å². The lowest BCUT2D eigenvalue weighted by molar-refractivity contribution is 0.293. The summed E-state index contributed by atoms with van der Waals surface area (Å²) >= 11 is 0. The molecule has 0 amide bonds. The number of nitrogens with one attached hydrogen (secondary N) is 1. The minimum absolute atomic E-state index is 0.0176. The monoisotopic (exact) mass is 492 g/mol. The zero-order valence-corrected chi connectivity index (χ0v) is 20.8. The van der Waals surface area contributed by atoms with Gasteiger partial charge in [0.1, 0.15) is 24.6 Å². The third kappa shape index (κ3) is 5.43. The molecule has 8 heteroatoms. The molecule has 0 bridgehead atoms. The van der Waals surface area contributed by atoms with Gasteiger partial charge in [-0.25, -0.2) is 15.0 Å². The quantitative estimate of drug-likeness (QED) is 0.325. The summed E-state index contributed by atoms with van der Waals surface area (Å²) in [6, 6.07) is 19.0. The number of ether oxygens (including phenoxy) is 1. The van der Waals surface area contributed by atoms with E-state index in [9.17, 15) is 4.79 Å². The van der Waals surface area contributed by atoms with Crippen molar-refractivity contribution in [1.29, 1.82) is 0 Å². The average molecular weight is 493 g/mol. The number of pyridine rings is 2. The highest BCUT2D eigenvalue weighted by molar-refractivity contribution is 5.94. The smallest absolute Gasteiger partial charge is 0.250 e. The molecule has 0 radical (unpaired) electrons. The highest BCUT2D eigenvalue weighted by atomic mass is 16.5. The molecule has 0 saturated heterocycles. The zero-order chi connectivity index (χ0) is 25.8. The molecule has 5 aromatic rings. The van der Waals surface area contributed by atoms with E-state index < -0.39 is 0 Å². The first-order chi connectivity index (χ1) is 18.0. The van der Waals surface area contributed by atoms with Crippen molar-refractivity contribution in [3.05, 3.63) is 118 Å². The summed E-state index contributed by atoms with van der Waals surface area (Å²) in [4.78, 5) is 24.7. The maximum absolute atomic E-state index is 11.9. The Balaban J connectivity index is 1.22. The fourth-order valence-corrected chi connectivity index (χ4v) is 4.38. The summed E-state index contributed by atoms with van der Waals surface area (Å²) in [6.07, 6.45) is 5.02. The van der Waals surface area contributed by atoms with Crippen LogP contribution in [-0.4, -0.2) is 19.5 Å². The van der Waals surface area contributed by atoms with Gasteiger partial charge in [0.25, 0.3) is 5.56 Å². The van der Waals surface area contributed by atoms with Gasteiger partial charge < -0.3 is 20.4 Å². The van der Waals surface area contributed by atoms with Gasteiger partial charge in [-0.05, 0) is 65.3 Å². The molecular formula is C29H28N6O2. The van der Waals surface area contributed by atoms with E-state index in [1.165, 1.54) is 17.5 Å². The first-order valence-electron chi connectivity index (χ1n) is 12.0. The van der Waals surface area contributed by atoms with Gasteiger partial charge in [0, 0.05) is 36.5 Å². The molecule has 0 aliphatic carbocycles. The van der Waals surface area contributed by atoms with Crippen LogP contribution >= 0.6 is 0 Å². The number of rotatable bonds is 8. The van der Waals surface area contributed by atoms with Crippen molar-refractivity contribution < 1.29 is 4.74 Å². The molecule has 0 saturated carbocycles. The molecule has 37 heavy (non-hydrogen) atoms. The Hall–Kier alpha value is -4.72. The molecule has 0 atom stereocenters. The largest absolute Gasteiger partial charge is 0.473 e. The molecule has 3 heterocycles. The van der Waals surface area contributed by atoms with Crippen molar-refractivity contribution in [2.45, 2.75) is 33.5 Å². The number of nitrogens with zero attached hydrogens (tertiary/aromatic N) is 4. The van der Waals surface area contributed by atoms with Crippen LogP contribution in [0.5, 0.6) is 5.88 Å². The van der Waals surface area contributed by atoms with Crippen LogP contribution in [0.15, 0.2) is 84.2 Å². The van der Waals surface area contributed by atoms with Crippen molar-refractivity contribution in [3.63, 3.8) is 0 Å². The second-order valence-electron chi connectivity index (χ2n) is 8.96. The highest BCUT2D eigenvalue weighted by Gasteiger charge is 2.11. The molecule has 0 unspecified atom stereocenters. The number of aryl methyl sites for hydroxylation is 2. The lowest BCUT2D eigenvalue weighted by Gasteiger charge is -2.15. The molecule has 186 valence electrons. The maximum atomic E-state index is 11.9. The third-order valence-corrected chi connectivity index (χ3v) is 6.46. The van der Waals surface area contributed by atoms with Crippen molar-refractivity contribution in [2.75, 3.05) is 11.1 Å². The van der Waals surface area contributed by atoms with Gasteiger partial charge in [0.05, 0.1) is 6.54 Å². The van der Waals surface area contributed by atoms with E-state index in [2.05, 4.69) is 40.2 Å². The topological polar surface area (TPSA) is 108 Å². The van der Waals surface area contributed by atoms with Crippen LogP contribution in [0, 0.1) is 13.8 Å². The predicted octanol–water partition coefficient (Wildman–Crippen LogP) is 4.62. The Bertz CT molecular complexity index is 1610. The Morgan fingerprint density at radius 3 is 2.57 bits per heavy atom. The number of nitrogen functional groups attached to an aromatic ring is 1. The summed E-state index contributed by atoms with van der Waals surface area (Å²) < 4.78 is 7.59. The highest BCUT2D eigenvalue weighted by Crippen LogP contribution is 2.28. The van der Waals surface area contributed by atoms with E-state index in [1.807, 2.05) is 36.4 Å². The first-order valence-corrected chi connectivity index (χ1v) is 12.0. The molecule has 3 N–H and O–H groups in total. The van der Waals surface area contributed by atoms with Crippen molar-refractivity contribution in [3.8, 4) is 5.88 Å². The zero-order valence-electron chi connectivity index (χ0n) is 20.8. The molecule has 0 fully saturated rings. The predicted molar refractivity (Wildman–Crippen MR) is 146 cm³/mol. The minimum atomic E-state index is -0.0176. The number of anilines is 2. The van der Waals surface area contributed by atoms with E-state index >= 15 is 0 Å². The van der Waals surface area contributed by atoms with Crippen molar-refractivity contribution >= 4 is 22.4 Å². The summed E-state index contributed by atoms with van der Waals surface area (Å²) in [6.45, 7) is 5.69. The Kier molecular flexibility index (Phi) is 6.81. The van der Waals surface area contributed by atoms with E-state index in [0.717, 1.165) is 27.5 Å². The molecule has 0 aliphatic rings. The third-order valence-electron chi connectivity index (χ3n) is 6.46. The fraction of sp³-hybridized carbons (Fsp3) is 0.172. The lowest BCUT2D eigenvalue weighted by atomic mass is 9.96. The van der Waals surface area contributed by atoms with Gasteiger partial charge in [-0.2, -0.15) is 0 Å². The molecule has 5 rings (SSSR count). The number of hydrogen-bond donors (Lipinski definition) is 2. The molecule has 0 spiro atoms. The Labute approximate surface area is 214 Å². The van der Waals surface area contributed by atoms with Gasteiger partial charge >= 0.3 is 0 Å². The molecule has 8 nitrogen and oxygen atoms in total. The Morgan fingerprint density at radius 1 is 0.946 bits per heavy atom. The number of aromatic nitrogens is 4. The number of nitrogens with two attached hydrogens (primary N) is 1. The lowest BCUT2D eigenvalue weighted by Crippen LogP contribution is -2.18. The van der Waals surface area contributed by atoms with E-state index in [-0.39, 0.29) is 5.56 Å². The fourth-order valence-electron chi connectivity index (χ4n) is 4.38. The second-order valence-corrected chi connectivity index (χ2v) is 8.96. The van der Waals surface area contributed by atoms with E-state index in [1.54, 1.807) is 35.2 Å². The van der Waals surface area contributed by atoms with Crippen LogP contribution in [0.25, 0.3) is 10.8 Å². The number of benzene rings is 2. The summed E-state index contributed by atoms with van der Waals surface area (Å²) in [5, 5.41) is 5.46. The Morgan fingerprint density at radius 2 is 1.76 bits per heavy atom. The second kappa shape index (κ2) is 10.5. The first kappa shape index (κ1) is 24.0. The molecular weight excluding hydrogens is 464 g/mol. The summed E-state index contributed by atoms with van der Waals surface area (Å²) in [5.74, 6) is 1.71.